The van der Waals surface area contributed by atoms with E-state index in [0.29, 0.717) is 12.1 Å². The second-order valence-corrected chi connectivity index (χ2v) is 5.55. The molecule has 3 heteroatoms. The summed E-state index contributed by atoms with van der Waals surface area (Å²) in [7, 11) is 1.79. The molecular weight excluding hydrogens is 212 g/mol. The summed E-state index contributed by atoms with van der Waals surface area (Å²) in [5.74, 6) is 0. The fourth-order valence-electron chi connectivity index (χ4n) is 2.51. The number of anilines is 2. The molecule has 1 aromatic rings. The maximum atomic E-state index is 5.82. The first kappa shape index (κ1) is 12.2. The molecule has 1 aliphatic carbocycles. The van der Waals surface area contributed by atoms with Crippen molar-refractivity contribution in [3.8, 4) is 0 Å². The van der Waals surface area contributed by atoms with E-state index in [0.717, 1.165) is 17.8 Å². The molecule has 1 aliphatic rings. The molecule has 1 saturated carbocycles. The Hall–Kier alpha value is -1.22. The quantitative estimate of drug-likeness (QED) is 0.791. The van der Waals surface area contributed by atoms with Crippen LogP contribution < -0.4 is 11.1 Å². The van der Waals surface area contributed by atoms with Crippen molar-refractivity contribution in [3.63, 3.8) is 0 Å². The van der Waals surface area contributed by atoms with Gasteiger partial charge in [0, 0.05) is 29.9 Å². The Balaban J connectivity index is 2.10. The molecule has 0 spiro atoms. The lowest BCUT2D eigenvalue weighted by Crippen LogP contribution is -2.57. The molecule has 1 aromatic carbocycles. The zero-order chi connectivity index (χ0) is 12.6. The number of rotatable bonds is 3. The minimum Gasteiger partial charge on any atom is -0.399 e. The molecule has 3 nitrogen and oxygen atoms in total. The predicted molar refractivity (Wildman–Crippen MR) is 72.2 cm³/mol. The number of methoxy groups -OCH3 is 1. The number of nitrogen functional groups attached to an aromatic ring is 1. The first-order valence-electron chi connectivity index (χ1n) is 6.10. The maximum absolute atomic E-state index is 5.82. The third-order valence-corrected chi connectivity index (χ3v) is 4.05. The SMILES string of the molecule is COC1CC(Nc2cc(N)ccc2C)C1(C)C. The van der Waals surface area contributed by atoms with Gasteiger partial charge >= 0.3 is 0 Å². The van der Waals surface area contributed by atoms with Gasteiger partial charge in [0.25, 0.3) is 0 Å². The van der Waals surface area contributed by atoms with Crippen molar-refractivity contribution in [2.75, 3.05) is 18.2 Å². The molecule has 2 rings (SSSR count). The second-order valence-electron chi connectivity index (χ2n) is 5.55. The Bertz CT molecular complexity index is 415. The average molecular weight is 234 g/mol. The van der Waals surface area contributed by atoms with Crippen LogP contribution in [0.4, 0.5) is 11.4 Å². The van der Waals surface area contributed by atoms with Crippen LogP contribution in [0.5, 0.6) is 0 Å². The summed E-state index contributed by atoms with van der Waals surface area (Å²) in [4.78, 5) is 0. The van der Waals surface area contributed by atoms with Crippen LogP contribution in [-0.4, -0.2) is 19.3 Å². The lowest BCUT2D eigenvalue weighted by Gasteiger charge is -2.51. The Morgan fingerprint density at radius 2 is 2.12 bits per heavy atom. The fraction of sp³-hybridized carbons (Fsp3) is 0.571. The summed E-state index contributed by atoms with van der Waals surface area (Å²) in [6.45, 7) is 6.58. The number of nitrogens with one attached hydrogen (secondary N) is 1. The smallest absolute Gasteiger partial charge is 0.0661 e. The molecule has 0 aromatic heterocycles. The van der Waals surface area contributed by atoms with Crippen LogP contribution in [0.2, 0.25) is 0 Å². The molecule has 2 unspecified atom stereocenters. The largest absolute Gasteiger partial charge is 0.399 e. The predicted octanol–water partition coefficient (Wildman–Crippen LogP) is 2.80. The van der Waals surface area contributed by atoms with Gasteiger partial charge in [0.05, 0.1) is 6.10 Å². The summed E-state index contributed by atoms with van der Waals surface area (Å²) in [5.41, 5.74) is 9.16. The van der Waals surface area contributed by atoms with Gasteiger partial charge in [-0.05, 0) is 31.0 Å². The zero-order valence-corrected chi connectivity index (χ0v) is 11.1. The van der Waals surface area contributed by atoms with E-state index >= 15 is 0 Å². The van der Waals surface area contributed by atoms with Crippen LogP contribution in [0, 0.1) is 12.3 Å². The van der Waals surface area contributed by atoms with Gasteiger partial charge in [0.15, 0.2) is 0 Å². The minimum atomic E-state index is 0.172. The van der Waals surface area contributed by atoms with Crippen molar-refractivity contribution < 1.29 is 4.74 Å². The topological polar surface area (TPSA) is 47.3 Å². The van der Waals surface area contributed by atoms with Crippen molar-refractivity contribution in [3.05, 3.63) is 23.8 Å². The highest BCUT2D eigenvalue weighted by atomic mass is 16.5. The third-order valence-electron chi connectivity index (χ3n) is 4.05. The molecule has 0 radical (unpaired) electrons. The highest BCUT2D eigenvalue weighted by Gasteiger charge is 2.48. The van der Waals surface area contributed by atoms with Crippen LogP contribution in [0.25, 0.3) is 0 Å². The van der Waals surface area contributed by atoms with Gasteiger partial charge in [-0.3, -0.25) is 0 Å². The van der Waals surface area contributed by atoms with Gasteiger partial charge in [-0.2, -0.15) is 0 Å². The number of hydrogen-bond acceptors (Lipinski definition) is 3. The summed E-state index contributed by atoms with van der Waals surface area (Å²) in [6, 6.07) is 6.44. The number of aryl methyl sites for hydroxylation is 1. The summed E-state index contributed by atoms with van der Waals surface area (Å²) >= 11 is 0. The Kier molecular flexibility index (Phi) is 3.04. The van der Waals surface area contributed by atoms with Crippen molar-refractivity contribution in [1.82, 2.24) is 0 Å². The van der Waals surface area contributed by atoms with Gasteiger partial charge in [0.2, 0.25) is 0 Å². The van der Waals surface area contributed by atoms with Gasteiger partial charge in [0.1, 0.15) is 0 Å². The molecule has 3 N–H and O–H groups in total. The third kappa shape index (κ3) is 2.12. The second kappa shape index (κ2) is 4.22. The Morgan fingerprint density at radius 1 is 1.41 bits per heavy atom. The van der Waals surface area contributed by atoms with Crippen LogP contribution in [-0.2, 0) is 4.74 Å². The van der Waals surface area contributed by atoms with Gasteiger partial charge in [-0.25, -0.2) is 0 Å². The molecule has 0 aliphatic heterocycles. The van der Waals surface area contributed by atoms with E-state index in [1.807, 2.05) is 12.1 Å². The minimum absolute atomic E-state index is 0.172. The van der Waals surface area contributed by atoms with Crippen LogP contribution in [0.3, 0.4) is 0 Å². The van der Waals surface area contributed by atoms with E-state index in [1.165, 1.54) is 5.56 Å². The van der Waals surface area contributed by atoms with Gasteiger partial charge in [-0.15, -0.1) is 0 Å². The molecule has 0 heterocycles. The first-order chi connectivity index (χ1) is 7.95. The van der Waals surface area contributed by atoms with Crippen LogP contribution in [0.1, 0.15) is 25.8 Å². The van der Waals surface area contributed by atoms with E-state index in [4.69, 9.17) is 10.5 Å². The number of ether oxygens (including phenoxy) is 1. The van der Waals surface area contributed by atoms with E-state index in [2.05, 4.69) is 32.2 Å². The lowest BCUT2D eigenvalue weighted by molar-refractivity contribution is -0.0794. The molecule has 94 valence electrons. The number of benzene rings is 1. The molecule has 0 amide bonds. The molecule has 0 saturated heterocycles. The van der Waals surface area contributed by atoms with Gasteiger partial charge in [-0.1, -0.05) is 19.9 Å². The zero-order valence-electron chi connectivity index (χ0n) is 11.1. The summed E-state index contributed by atoms with van der Waals surface area (Å²) in [5, 5.41) is 3.58. The fourth-order valence-corrected chi connectivity index (χ4v) is 2.51. The van der Waals surface area contributed by atoms with Crippen LogP contribution >= 0.6 is 0 Å². The van der Waals surface area contributed by atoms with E-state index in [-0.39, 0.29) is 5.41 Å². The molecule has 0 bridgehead atoms. The normalized spacial score (nSPS) is 26.4. The highest BCUT2D eigenvalue weighted by Crippen LogP contribution is 2.44. The summed E-state index contributed by atoms with van der Waals surface area (Å²) in [6.07, 6.45) is 1.40. The van der Waals surface area contributed by atoms with Crippen molar-refractivity contribution in [2.24, 2.45) is 5.41 Å². The van der Waals surface area contributed by atoms with E-state index < -0.39 is 0 Å². The van der Waals surface area contributed by atoms with E-state index in [9.17, 15) is 0 Å². The number of nitrogens with two attached hydrogens (primary N) is 1. The maximum Gasteiger partial charge on any atom is 0.0661 e. The highest BCUT2D eigenvalue weighted by molar-refractivity contribution is 5.60. The Labute approximate surface area is 103 Å². The molecular formula is C14H22N2O. The standard InChI is InChI=1S/C14H22N2O/c1-9-5-6-10(15)7-11(9)16-12-8-13(17-4)14(12,2)3/h5-7,12-13,16H,8,15H2,1-4H3. The molecule has 17 heavy (non-hydrogen) atoms. The van der Waals surface area contributed by atoms with Crippen molar-refractivity contribution in [1.29, 1.82) is 0 Å². The number of hydrogen-bond donors (Lipinski definition) is 2. The monoisotopic (exact) mass is 234 g/mol. The van der Waals surface area contributed by atoms with Crippen LogP contribution in [0.15, 0.2) is 18.2 Å². The average Bonchev–Trinajstić information content (AvgIpc) is 2.28. The van der Waals surface area contributed by atoms with Crippen molar-refractivity contribution in [2.45, 2.75) is 39.3 Å². The van der Waals surface area contributed by atoms with Gasteiger partial charge < -0.3 is 15.8 Å². The van der Waals surface area contributed by atoms with Crippen molar-refractivity contribution >= 4 is 11.4 Å². The summed E-state index contributed by atoms with van der Waals surface area (Å²) < 4.78 is 5.46. The van der Waals surface area contributed by atoms with E-state index in [1.54, 1.807) is 7.11 Å². The lowest BCUT2D eigenvalue weighted by atomic mass is 9.64. The first-order valence-corrected chi connectivity index (χ1v) is 6.10. The molecule has 2 atom stereocenters. The Morgan fingerprint density at radius 3 is 2.71 bits per heavy atom. The molecule has 1 fully saturated rings.